The fourth-order valence-electron chi connectivity index (χ4n) is 2.72. The Morgan fingerprint density at radius 2 is 2.29 bits per heavy atom. The van der Waals surface area contributed by atoms with Crippen LogP contribution in [-0.2, 0) is 17.6 Å². The molecule has 2 rings (SSSR count). The lowest BCUT2D eigenvalue weighted by Crippen LogP contribution is -2.36. The minimum absolute atomic E-state index is 0.107. The third-order valence-corrected chi connectivity index (χ3v) is 3.85. The molecular weight excluding hydrogens is 268 g/mol. The first-order valence-electron chi connectivity index (χ1n) is 7.34. The highest BCUT2D eigenvalue weighted by Crippen LogP contribution is 2.28. The summed E-state index contributed by atoms with van der Waals surface area (Å²) in [5, 5.41) is 12.2. The van der Waals surface area contributed by atoms with Crippen molar-refractivity contribution in [3.05, 3.63) is 22.9 Å². The van der Waals surface area contributed by atoms with E-state index in [4.69, 9.17) is 20.7 Å². The van der Waals surface area contributed by atoms with Gasteiger partial charge in [-0.25, -0.2) is 4.98 Å². The second-order valence-electron chi connectivity index (χ2n) is 5.58. The molecule has 1 aromatic heterocycles. The van der Waals surface area contributed by atoms with Gasteiger partial charge >= 0.3 is 0 Å². The van der Waals surface area contributed by atoms with E-state index in [2.05, 4.69) is 23.9 Å². The number of oxime groups is 1. The van der Waals surface area contributed by atoms with Crippen LogP contribution in [0.2, 0.25) is 0 Å². The number of anilines is 1. The van der Waals surface area contributed by atoms with Crippen molar-refractivity contribution in [1.29, 1.82) is 0 Å². The molecule has 0 aromatic carbocycles. The maximum absolute atomic E-state index is 9.05. The van der Waals surface area contributed by atoms with Gasteiger partial charge in [0.15, 0.2) is 5.84 Å². The standard InChI is InChI=1S/C15H24N4O2/c1-10(2)19(7-8-21-3)15-12(14(16)18-20)9-11-5-4-6-13(11)17-15/h9-10,20H,4-8H2,1-3H3,(H2,16,18). The number of ether oxygens (including phenoxy) is 1. The van der Waals surface area contributed by atoms with Crippen LogP contribution in [-0.4, -0.2) is 42.3 Å². The van der Waals surface area contributed by atoms with Gasteiger partial charge in [0.25, 0.3) is 0 Å². The van der Waals surface area contributed by atoms with Gasteiger partial charge in [-0.1, -0.05) is 5.16 Å². The molecule has 3 N–H and O–H groups in total. The summed E-state index contributed by atoms with van der Waals surface area (Å²) < 4.78 is 5.18. The number of pyridine rings is 1. The number of methoxy groups -OCH3 is 1. The molecule has 6 heteroatoms. The van der Waals surface area contributed by atoms with Gasteiger partial charge in [0.1, 0.15) is 5.82 Å². The molecule has 0 fully saturated rings. The van der Waals surface area contributed by atoms with Gasteiger partial charge in [0.2, 0.25) is 0 Å². The molecule has 0 radical (unpaired) electrons. The summed E-state index contributed by atoms with van der Waals surface area (Å²) in [7, 11) is 1.68. The summed E-state index contributed by atoms with van der Waals surface area (Å²) in [6, 6.07) is 2.26. The van der Waals surface area contributed by atoms with Crippen molar-refractivity contribution in [1.82, 2.24) is 4.98 Å². The number of hydrogen-bond acceptors (Lipinski definition) is 5. The Bertz CT molecular complexity index is 529. The van der Waals surface area contributed by atoms with E-state index in [1.54, 1.807) is 7.11 Å². The summed E-state index contributed by atoms with van der Waals surface area (Å²) in [5.41, 5.74) is 8.89. The van der Waals surface area contributed by atoms with E-state index in [0.29, 0.717) is 18.7 Å². The molecule has 1 aliphatic rings. The quantitative estimate of drug-likeness (QED) is 0.359. The van der Waals surface area contributed by atoms with Crippen LogP contribution in [0.3, 0.4) is 0 Å². The third kappa shape index (κ3) is 3.26. The van der Waals surface area contributed by atoms with E-state index >= 15 is 0 Å². The predicted molar refractivity (Wildman–Crippen MR) is 83.1 cm³/mol. The summed E-state index contributed by atoms with van der Waals surface area (Å²) in [6.07, 6.45) is 3.12. The van der Waals surface area contributed by atoms with Gasteiger partial charge in [-0.3, -0.25) is 0 Å². The minimum atomic E-state index is 0.107. The van der Waals surface area contributed by atoms with Gasteiger partial charge < -0.3 is 20.6 Å². The highest BCUT2D eigenvalue weighted by molar-refractivity contribution is 6.01. The van der Waals surface area contributed by atoms with Crippen molar-refractivity contribution in [2.75, 3.05) is 25.2 Å². The molecule has 1 heterocycles. The van der Waals surface area contributed by atoms with Crippen LogP contribution in [0.25, 0.3) is 0 Å². The second-order valence-corrected chi connectivity index (χ2v) is 5.58. The topological polar surface area (TPSA) is 84.0 Å². The summed E-state index contributed by atoms with van der Waals surface area (Å²) in [4.78, 5) is 6.93. The number of aromatic nitrogens is 1. The molecule has 0 saturated carbocycles. The molecule has 0 aliphatic heterocycles. The lowest BCUT2D eigenvalue weighted by Gasteiger charge is -2.29. The second kappa shape index (κ2) is 6.76. The van der Waals surface area contributed by atoms with E-state index in [0.717, 1.165) is 30.8 Å². The Labute approximate surface area is 125 Å². The maximum atomic E-state index is 9.05. The molecule has 21 heavy (non-hydrogen) atoms. The van der Waals surface area contributed by atoms with Crippen LogP contribution >= 0.6 is 0 Å². The zero-order chi connectivity index (χ0) is 15.4. The largest absolute Gasteiger partial charge is 0.409 e. The molecule has 116 valence electrons. The average molecular weight is 292 g/mol. The SMILES string of the molecule is COCCN(c1nc2c(cc1C(N)=NO)CCC2)C(C)C. The van der Waals surface area contributed by atoms with E-state index in [-0.39, 0.29) is 11.9 Å². The molecule has 0 amide bonds. The predicted octanol–water partition coefficient (Wildman–Crippen LogP) is 1.53. The van der Waals surface area contributed by atoms with Gasteiger partial charge in [-0.2, -0.15) is 0 Å². The van der Waals surface area contributed by atoms with E-state index in [9.17, 15) is 0 Å². The van der Waals surface area contributed by atoms with E-state index in [1.807, 2.05) is 6.07 Å². The molecule has 0 atom stereocenters. The first-order valence-corrected chi connectivity index (χ1v) is 7.34. The van der Waals surface area contributed by atoms with Crippen molar-refractivity contribution in [2.24, 2.45) is 10.9 Å². The Morgan fingerprint density at radius 1 is 1.52 bits per heavy atom. The summed E-state index contributed by atoms with van der Waals surface area (Å²) in [6.45, 7) is 5.51. The van der Waals surface area contributed by atoms with Crippen LogP contribution < -0.4 is 10.6 Å². The van der Waals surface area contributed by atoms with E-state index < -0.39 is 0 Å². The number of amidine groups is 1. The lowest BCUT2D eigenvalue weighted by molar-refractivity contribution is 0.203. The summed E-state index contributed by atoms with van der Waals surface area (Å²) in [5.74, 6) is 0.883. The molecule has 0 saturated heterocycles. The molecular formula is C15H24N4O2. The molecule has 0 spiro atoms. The first-order chi connectivity index (χ1) is 10.1. The third-order valence-electron chi connectivity index (χ3n) is 3.85. The molecule has 1 aromatic rings. The zero-order valence-corrected chi connectivity index (χ0v) is 13.0. The number of nitrogens with two attached hydrogens (primary N) is 1. The monoisotopic (exact) mass is 292 g/mol. The van der Waals surface area contributed by atoms with Crippen LogP contribution in [0, 0.1) is 0 Å². The van der Waals surface area contributed by atoms with Gasteiger partial charge in [-0.05, 0) is 44.7 Å². The Balaban J connectivity index is 2.48. The number of nitrogens with zero attached hydrogens (tertiary/aromatic N) is 3. The Hall–Kier alpha value is -1.82. The fraction of sp³-hybridized carbons (Fsp3) is 0.600. The molecule has 0 unspecified atom stereocenters. The van der Waals surface area contributed by atoms with Gasteiger partial charge in [0.05, 0.1) is 12.2 Å². The lowest BCUT2D eigenvalue weighted by atomic mass is 10.1. The van der Waals surface area contributed by atoms with Gasteiger partial charge in [-0.15, -0.1) is 0 Å². The van der Waals surface area contributed by atoms with Crippen molar-refractivity contribution in [3.63, 3.8) is 0 Å². The highest BCUT2D eigenvalue weighted by atomic mass is 16.5. The van der Waals surface area contributed by atoms with Gasteiger partial charge in [0, 0.05) is 25.4 Å². The first kappa shape index (κ1) is 15.6. The Kier molecular flexibility index (Phi) is 5.01. The van der Waals surface area contributed by atoms with Crippen LogP contribution in [0.15, 0.2) is 11.2 Å². The highest BCUT2D eigenvalue weighted by Gasteiger charge is 2.23. The number of aryl methyl sites for hydroxylation is 2. The molecule has 0 bridgehead atoms. The van der Waals surface area contributed by atoms with Crippen molar-refractivity contribution in [3.8, 4) is 0 Å². The van der Waals surface area contributed by atoms with Crippen molar-refractivity contribution in [2.45, 2.75) is 39.2 Å². The number of rotatable bonds is 6. The van der Waals surface area contributed by atoms with Crippen LogP contribution in [0.4, 0.5) is 5.82 Å². The van der Waals surface area contributed by atoms with E-state index in [1.165, 1.54) is 5.56 Å². The number of fused-ring (bicyclic) bond motifs is 1. The summed E-state index contributed by atoms with van der Waals surface area (Å²) >= 11 is 0. The van der Waals surface area contributed by atoms with Crippen molar-refractivity contribution < 1.29 is 9.94 Å². The molecule has 6 nitrogen and oxygen atoms in total. The minimum Gasteiger partial charge on any atom is -0.409 e. The maximum Gasteiger partial charge on any atom is 0.173 e. The smallest absolute Gasteiger partial charge is 0.173 e. The average Bonchev–Trinajstić information content (AvgIpc) is 2.93. The van der Waals surface area contributed by atoms with Crippen LogP contribution in [0.5, 0.6) is 0 Å². The molecule has 1 aliphatic carbocycles. The number of hydrogen-bond donors (Lipinski definition) is 2. The zero-order valence-electron chi connectivity index (χ0n) is 13.0. The Morgan fingerprint density at radius 3 is 2.90 bits per heavy atom. The normalized spacial score (nSPS) is 14.6. The fourth-order valence-corrected chi connectivity index (χ4v) is 2.72. The van der Waals surface area contributed by atoms with Crippen LogP contribution in [0.1, 0.15) is 37.1 Å². The van der Waals surface area contributed by atoms with Crippen molar-refractivity contribution >= 4 is 11.7 Å².